The number of aryl methyl sites for hydroxylation is 1. The highest BCUT2D eigenvalue weighted by molar-refractivity contribution is 7.80. The van der Waals surface area contributed by atoms with E-state index in [1.165, 1.54) is 18.4 Å². The highest BCUT2D eigenvalue weighted by Gasteiger charge is 1.92. The van der Waals surface area contributed by atoms with Gasteiger partial charge in [0.05, 0.1) is 6.21 Å². The van der Waals surface area contributed by atoms with Crippen molar-refractivity contribution in [3.63, 3.8) is 0 Å². The van der Waals surface area contributed by atoms with Crippen molar-refractivity contribution in [3.05, 3.63) is 35.4 Å². The third-order valence-corrected chi connectivity index (χ3v) is 2.72. The van der Waals surface area contributed by atoms with E-state index in [1.807, 2.05) is 12.1 Å². The van der Waals surface area contributed by atoms with Crippen LogP contribution in [0, 0.1) is 6.92 Å². The summed E-state index contributed by atoms with van der Waals surface area (Å²) in [4.78, 5) is 0. The molecule has 0 radical (unpaired) electrons. The van der Waals surface area contributed by atoms with Crippen LogP contribution >= 0.6 is 12.2 Å². The Morgan fingerprint density at radius 3 is 2.94 bits per heavy atom. The monoisotopic (exact) mass is 263 g/mol. The Hall–Kier alpha value is -1.42. The molecule has 0 aliphatic heterocycles. The molecule has 1 aromatic rings. The SMILES string of the molecule is CCCCCNC(=S)N/N=C\c1cccc(C)c1. The molecular formula is C14H21N3S. The molecule has 0 saturated heterocycles. The predicted molar refractivity (Wildman–Crippen MR) is 82.0 cm³/mol. The lowest BCUT2D eigenvalue weighted by atomic mass is 10.2. The van der Waals surface area contributed by atoms with Crippen molar-refractivity contribution in [2.45, 2.75) is 33.1 Å². The topological polar surface area (TPSA) is 36.4 Å². The fourth-order valence-electron chi connectivity index (χ4n) is 1.53. The molecule has 4 heteroatoms. The van der Waals surface area contributed by atoms with Gasteiger partial charge in [0.1, 0.15) is 0 Å². The van der Waals surface area contributed by atoms with Gasteiger partial charge >= 0.3 is 0 Å². The van der Waals surface area contributed by atoms with Crippen molar-refractivity contribution < 1.29 is 0 Å². The average Bonchev–Trinajstić information content (AvgIpc) is 2.35. The number of hydrazone groups is 1. The highest BCUT2D eigenvalue weighted by Crippen LogP contribution is 2.00. The molecule has 3 nitrogen and oxygen atoms in total. The molecular weight excluding hydrogens is 242 g/mol. The lowest BCUT2D eigenvalue weighted by Gasteiger charge is -2.05. The van der Waals surface area contributed by atoms with E-state index >= 15 is 0 Å². The second-order valence-electron chi connectivity index (χ2n) is 4.25. The Morgan fingerprint density at radius 1 is 1.39 bits per heavy atom. The fourth-order valence-corrected chi connectivity index (χ4v) is 1.69. The van der Waals surface area contributed by atoms with Gasteiger partial charge in [-0.3, -0.25) is 5.43 Å². The van der Waals surface area contributed by atoms with Crippen LogP contribution < -0.4 is 10.7 Å². The van der Waals surface area contributed by atoms with E-state index in [4.69, 9.17) is 12.2 Å². The maximum Gasteiger partial charge on any atom is 0.186 e. The second-order valence-corrected chi connectivity index (χ2v) is 4.66. The van der Waals surface area contributed by atoms with E-state index in [-0.39, 0.29) is 0 Å². The molecule has 0 unspecified atom stereocenters. The molecule has 1 aromatic carbocycles. The average molecular weight is 263 g/mol. The zero-order chi connectivity index (χ0) is 13.2. The molecule has 0 fully saturated rings. The first kappa shape index (κ1) is 14.6. The Morgan fingerprint density at radius 2 is 2.22 bits per heavy atom. The molecule has 0 aromatic heterocycles. The summed E-state index contributed by atoms with van der Waals surface area (Å²) in [6.07, 6.45) is 5.35. The van der Waals surface area contributed by atoms with Crippen LogP contribution in [0.5, 0.6) is 0 Å². The minimum absolute atomic E-state index is 0.579. The van der Waals surface area contributed by atoms with Crippen LogP contribution in [0.3, 0.4) is 0 Å². The normalized spacial score (nSPS) is 10.6. The summed E-state index contributed by atoms with van der Waals surface area (Å²) in [6.45, 7) is 5.15. The van der Waals surface area contributed by atoms with E-state index in [0.717, 1.165) is 18.5 Å². The number of benzene rings is 1. The second kappa shape index (κ2) is 8.64. The van der Waals surface area contributed by atoms with E-state index in [2.05, 4.69) is 41.8 Å². The summed E-state index contributed by atoms with van der Waals surface area (Å²) in [6, 6.07) is 8.15. The van der Waals surface area contributed by atoms with Gasteiger partial charge in [-0.25, -0.2) is 0 Å². The van der Waals surface area contributed by atoms with Gasteiger partial charge in [-0.05, 0) is 31.1 Å². The molecule has 0 aliphatic rings. The number of hydrogen-bond donors (Lipinski definition) is 2. The third kappa shape index (κ3) is 6.35. The molecule has 18 heavy (non-hydrogen) atoms. The number of hydrogen-bond acceptors (Lipinski definition) is 2. The lowest BCUT2D eigenvalue weighted by Crippen LogP contribution is -2.32. The zero-order valence-electron chi connectivity index (χ0n) is 11.1. The van der Waals surface area contributed by atoms with Crippen LogP contribution in [-0.4, -0.2) is 17.9 Å². The summed E-state index contributed by atoms with van der Waals surface area (Å²) in [7, 11) is 0. The van der Waals surface area contributed by atoms with Crippen molar-refractivity contribution in [3.8, 4) is 0 Å². The Bertz CT molecular complexity index is 402. The van der Waals surface area contributed by atoms with Crippen LogP contribution in [0.2, 0.25) is 0 Å². The van der Waals surface area contributed by atoms with Crippen molar-refractivity contribution >= 4 is 23.5 Å². The molecule has 0 heterocycles. The van der Waals surface area contributed by atoms with Crippen molar-refractivity contribution in [1.29, 1.82) is 0 Å². The first-order valence-electron chi connectivity index (χ1n) is 6.36. The first-order chi connectivity index (χ1) is 8.72. The third-order valence-electron chi connectivity index (χ3n) is 2.49. The molecule has 98 valence electrons. The standard InChI is InChI=1S/C14H21N3S/c1-3-4-5-9-15-14(18)17-16-11-13-8-6-7-12(2)10-13/h6-8,10-11H,3-5,9H2,1-2H3,(H2,15,17,18)/b16-11-. The minimum atomic E-state index is 0.579. The van der Waals surface area contributed by atoms with E-state index in [1.54, 1.807) is 6.21 Å². The van der Waals surface area contributed by atoms with Gasteiger partial charge in [0.25, 0.3) is 0 Å². The molecule has 0 aliphatic carbocycles. The summed E-state index contributed by atoms with van der Waals surface area (Å²) in [5.41, 5.74) is 5.10. The molecule has 0 atom stereocenters. The van der Waals surface area contributed by atoms with E-state index in [9.17, 15) is 0 Å². The fraction of sp³-hybridized carbons (Fsp3) is 0.429. The first-order valence-corrected chi connectivity index (χ1v) is 6.76. The van der Waals surface area contributed by atoms with Gasteiger partial charge in [-0.1, -0.05) is 49.6 Å². The van der Waals surface area contributed by atoms with Crippen molar-refractivity contribution in [2.75, 3.05) is 6.54 Å². The van der Waals surface area contributed by atoms with Gasteiger partial charge in [0, 0.05) is 6.54 Å². The predicted octanol–water partition coefficient (Wildman–Crippen LogP) is 2.98. The number of nitrogens with one attached hydrogen (secondary N) is 2. The molecule has 0 spiro atoms. The van der Waals surface area contributed by atoms with Gasteiger partial charge in [-0.15, -0.1) is 0 Å². The number of thiocarbonyl (C=S) groups is 1. The van der Waals surface area contributed by atoms with Gasteiger partial charge < -0.3 is 5.32 Å². The maximum atomic E-state index is 5.11. The molecule has 0 saturated carbocycles. The van der Waals surface area contributed by atoms with Crippen molar-refractivity contribution in [1.82, 2.24) is 10.7 Å². The van der Waals surface area contributed by atoms with Crippen LogP contribution in [0.25, 0.3) is 0 Å². The number of nitrogens with zero attached hydrogens (tertiary/aromatic N) is 1. The number of unbranched alkanes of at least 4 members (excludes halogenated alkanes) is 2. The Labute approximate surface area is 115 Å². The largest absolute Gasteiger partial charge is 0.361 e. The smallest absolute Gasteiger partial charge is 0.186 e. The quantitative estimate of drug-likeness (QED) is 0.358. The summed E-state index contributed by atoms with van der Waals surface area (Å²) in [5, 5.41) is 7.80. The molecule has 0 amide bonds. The maximum absolute atomic E-state index is 5.11. The molecule has 0 bridgehead atoms. The number of rotatable bonds is 6. The molecule has 1 rings (SSSR count). The summed E-state index contributed by atoms with van der Waals surface area (Å²) >= 11 is 5.11. The summed E-state index contributed by atoms with van der Waals surface area (Å²) < 4.78 is 0. The van der Waals surface area contributed by atoms with Gasteiger partial charge in [0.2, 0.25) is 0 Å². The molecule has 2 N–H and O–H groups in total. The Balaban J connectivity index is 2.25. The van der Waals surface area contributed by atoms with Gasteiger partial charge in [-0.2, -0.15) is 5.10 Å². The summed E-state index contributed by atoms with van der Waals surface area (Å²) in [5.74, 6) is 0. The van der Waals surface area contributed by atoms with Crippen molar-refractivity contribution in [2.24, 2.45) is 5.10 Å². The zero-order valence-corrected chi connectivity index (χ0v) is 11.9. The minimum Gasteiger partial charge on any atom is -0.361 e. The van der Waals surface area contributed by atoms with Crippen LogP contribution in [0.1, 0.15) is 37.3 Å². The Kier molecular flexibility index (Phi) is 7.03. The van der Waals surface area contributed by atoms with Crippen LogP contribution in [0.15, 0.2) is 29.4 Å². The lowest BCUT2D eigenvalue weighted by molar-refractivity contribution is 0.691. The van der Waals surface area contributed by atoms with Gasteiger partial charge in [0.15, 0.2) is 5.11 Å². The van der Waals surface area contributed by atoms with Crippen LogP contribution in [0.4, 0.5) is 0 Å². The van der Waals surface area contributed by atoms with E-state index < -0.39 is 0 Å². The highest BCUT2D eigenvalue weighted by atomic mass is 32.1. The van der Waals surface area contributed by atoms with E-state index in [0.29, 0.717) is 5.11 Å². The van der Waals surface area contributed by atoms with Crippen LogP contribution in [-0.2, 0) is 0 Å².